The van der Waals surface area contributed by atoms with E-state index in [1.807, 2.05) is 11.2 Å². The third kappa shape index (κ3) is 5.61. The van der Waals surface area contributed by atoms with Gasteiger partial charge in [0, 0.05) is 29.8 Å². The minimum absolute atomic E-state index is 0. The fourth-order valence-corrected chi connectivity index (χ4v) is 4.48. The highest BCUT2D eigenvalue weighted by molar-refractivity contribution is 7.98. The second-order valence-corrected chi connectivity index (χ2v) is 9.18. The summed E-state index contributed by atoms with van der Waals surface area (Å²) in [5.41, 5.74) is 7.30. The molecule has 4 nitrogen and oxygen atoms in total. The van der Waals surface area contributed by atoms with Crippen LogP contribution in [0.1, 0.15) is 56.7 Å². The second kappa shape index (κ2) is 9.41. The smallest absolute Gasteiger partial charge is 0.239 e. The standard InChI is InChI=1S/C17H29N3OS2.ClH/c1-17(2,3)14-11-23-15(19-14)12-5-8-20(9-6-12)16(21)13(18)7-10-22-4;/h11-13H,5-10,18H2,1-4H3;1H. The molecule has 2 heterocycles. The first-order valence-electron chi connectivity index (χ1n) is 8.32. The van der Waals surface area contributed by atoms with E-state index in [4.69, 9.17) is 10.7 Å². The van der Waals surface area contributed by atoms with Crippen LogP contribution in [0.3, 0.4) is 0 Å². The van der Waals surface area contributed by atoms with E-state index < -0.39 is 0 Å². The van der Waals surface area contributed by atoms with Crippen LogP contribution in [0.4, 0.5) is 0 Å². The highest BCUT2D eigenvalue weighted by Gasteiger charge is 2.29. The summed E-state index contributed by atoms with van der Waals surface area (Å²) in [5.74, 6) is 1.55. The largest absolute Gasteiger partial charge is 0.341 e. The average molecular weight is 392 g/mol. The topological polar surface area (TPSA) is 59.2 Å². The molecular weight excluding hydrogens is 362 g/mol. The molecule has 1 aliphatic rings. The van der Waals surface area contributed by atoms with Crippen molar-refractivity contribution in [3.8, 4) is 0 Å². The van der Waals surface area contributed by atoms with Crippen molar-refractivity contribution in [2.75, 3.05) is 25.1 Å². The SMILES string of the molecule is CSCCC(N)C(=O)N1CCC(c2nc(C(C)(C)C)cs2)CC1.Cl. The summed E-state index contributed by atoms with van der Waals surface area (Å²) < 4.78 is 0. The molecule has 0 aliphatic carbocycles. The number of aromatic nitrogens is 1. The van der Waals surface area contributed by atoms with Gasteiger partial charge in [0.2, 0.25) is 5.91 Å². The zero-order valence-electron chi connectivity index (χ0n) is 15.1. The molecule has 1 fully saturated rings. The lowest BCUT2D eigenvalue weighted by atomic mass is 9.93. The molecule has 2 rings (SSSR count). The number of nitrogens with zero attached hydrogens (tertiary/aromatic N) is 2. The van der Waals surface area contributed by atoms with E-state index in [0.717, 1.165) is 38.1 Å². The number of halogens is 1. The lowest BCUT2D eigenvalue weighted by molar-refractivity contribution is -0.133. The Morgan fingerprint density at radius 1 is 1.46 bits per heavy atom. The van der Waals surface area contributed by atoms with Crippen molar-refractivity contribution in [2.24, 2.45) is 5.73 Å². The van der Waals surface area contributed by atoms with Crippen molar-refractivity contribution >= 4 is 41.4 Å². The Hall–Kier alpha value is -0.300. The third-order valence-electron chi connectivity index (χ3n) is 4.40. The average Bonchev–Trinajstić information content (AvgIpc) is 3.02. The Morgan fingerprint density at radius 2 is 2.08 bits per heavy atom. The Morgan fingerprint density at radius 3 is 2.58 bits per heavy atom. The molecule has 138 valence electrons. The number of amides is 1. The van der Waals surface area contributed by atoms with Crippen LogP contribution in [-0.4, -0.2) is 46.9 Å². The van der Waals surface area contributed by atoms with Crippen LogP contribution < -0.4 is 5.73 Å². The third-order valence-corrected chi connectivity index (χ3v) is 6.05. The maximum Gasteiger partial charge on any atom is 0.239 e. The van der Waals surface area contributed by atoms with Gasteiger partial charge in [-0.3, -0.25) is 4.79 Å². The summed E-state index contributed by atoms with van der Waals surface area (Å²) in [5, 5.41) is 3.42. The number of hydrogen-bond acceptors (Lipinski definition) is 5. The first-order chi connectivity index (χ1) is 10.8. The van der Waals surface area contributed by atoms with Gasteiger partial charge in [-0.1, -0.05) is 20.8 Å². The molecule has 0 bridgehead atoms. The maximum absolute atomic E-state index is 12.4. The van der Waals surface area contributed by atoms with Crippen LogP contribution in [0.2, 0.25) is 0 Å². The highest BCUT2D eigenvalue weighted by Crippen LogP contribution is 2.33. The molecular formula is C17H30ClN3OS2. The summed E-state index contributed by atoms with van der Waals surface area (Å²) in [4.78, 5) is 19.1. The number of thiazole rings is 1. The quantitative estimate of drug-likeness (QED) is 0.832. The molecule has 1 amide bonds. The predicted molar refractivity (Wildman–Crippen MR) is 108 cm³/mol. The van der Waals surface area contributed by atoms with E-state index >= 15 is 0 Å². The van der Waals surface area contributed by atoms with Gasteiger partial charge in [-0.25, -0.2) is 4.98 Å². The number of likely N-dealkylation sites (tertiary alicyclic amines) is 1. The first-order valence-corrected chi connectivity index (χ1v) is 10.6. The summed E-state index contributed by atoms with van der Waals surface area (Å²) in [6, 6.07) is -0.341. The molecule has 7 heteroatoms. The van der Waals surface area contributed by atoms with Crippen molar-refractivity contribution in [3.05, 3.63) is 16.1 Å². The summed E-state index contributed by atoms with van der Waals surface area (Å²) in [6.45, 7) is 8.21. The van der Waals surface area contributed by atoms with Crippen molar-refractivity contribution in [2.45, 2.75) is 57.4 Å². The van der Waals surface area contributed by atoms with Gasteiger partial charge in [-0.2, -0.15) is 11.8 Å². The summed E-state index contributed by atoms with van der Waals surface area (Å²) in [6.07, 6.45) is 4.81. The molecule has 1 saturated heterocycles. The van der Waals surface area contributed by atoms with Crippen molar-refractivity contribution < 1.29 is 4.79 Å². The molecule has 0 radical (unpaired) electrons. The number of rotatable bonds is 5. The molecule has 1 aromatic rings. The second-order valence-electron chi connectivity index (χ2n) is 7.31. The van der Waals surface area contributed by atoms with Gasteiger partial charge in [-0.05, 0) is 31.3 Å². The van der Waals surface area contributed by atoms with Gasteiger partial charge in [0.05, 0.1) is 16.7 Å². The van der Waals surface area contributed by atoms with Crippen LogP contribution in [-0.2, 0) is 10.2 Å². The van der Waals surface area contributed by atoms with Gasteiger partial charge >= 0.3 is 0 Å². The lowest BCUT2D eigenvalue weighted by Crippen LogP contribution is -2.47. The number of piperidine rings is 1. The number of nitrogens with two attached hydrogens (primary N) is 1. The van der Waals surface area contributed by atoms with Crippen LogP contribution in [0, 0.1) is 0 Å². The van der Waals surface area contributed by atoms with Gasteiger partial charge < -0.3 is 10.6 Å². The van der Waals surface area contributed by atoms with Crippen molar-refractivity contribution in [1.29, 1.82) is 0 Å². The molecule has 0 saturated carbocycles. The maximum atomic E-state index is 12.4. The van der Waals surface area contributed by atoms with E-state index in [1.165, 1.54) is 10.7 Å². The van der Waals surface area contributed by atoms with E-state index in [2.05, 4.69) is 26.2 Å². The Kier molecular flexibility index (Phi) is 8.53. The number of carbonyl (C=O) groups is 1. The van der Waals surface area contributed by atoms with Crippen molar-refractivity contribution in [3.63, 3.8) is 0 Å². The molecule has 1 unspecified atom stereocenters. The lowest BCUT2D eigenvalue weighted by Gasteiger charge is -2.32. The molecule has 1 aromatic heterocycles. The highest BCUT2D eigenvalue weighted by atomic mass is 35.5. The molecule has 1 atom stereocenters. The van der Waals surface area contributed by atoms with Crippen LogP contribution >= 0.6 is 35.5 Å². The van der Waals surface area contributed by atoms with Crippen molar-refractivity contribution in [1.82, 2.24) is 9.88 Å². The normalized spacial score (nSPS) is 17.5. The predicted octanol–water partition coefficient (Wildman–Crippen LogP) is 3.65. The zero-order valence-corrected chi connectivity index (χ0v) is 17.5. The molecule has 24 heavy (non-hydrogen) atoms. The Labute approximate surface area is 160 Å². The van der Waals surface area contributed by atoms with E-state index in [1.54, 1.807) is 23.1 Å². The van der Waals surface area contributed by atoms with E-state index in [0.29, 0.717) is 5.92 Å². The molecule has 0 spiro atoms. The molecule has 2 N–H and O–H groups in total. The first kappa shape index (κ1) is 21.7. The number of hydrogen-bond donors (Lipinski definition) is 1. The van der Waals surface area contributed by atoms with Gasteiger partial charge in [-0.15, -0.1) is 23.7 Å². The Balaban J connectivity index is 0.00000288. The fourth-order valence-electron chi connectivity index (χ4n) is 2.77. The minimum Gasteiger partial charge on any atom is -0.341 e. The number of carbonyl (C=O) groups excluding carboxylic acids is 1. The number of thioether (sulfide) groups is 1. The minimum atomic E-state index is -0.341. The van der Waals surface area contributed by atoms with Gasteiger partial charge in [0.1, 0.15) is 0 Å². The zero-order chi connectivity index (χ0) is 17.0. The summed E-state index contributed by atoms with van der Waals surface area (Å²) >= 11 is 3.51. The summed E-state index contributed by atoms with van der Waals surface area (Å²) in [7, 11) is 0. The monoisotopic (exact) mass is 391 g/mol. The van der Waals surface area contributed by atoms with E-state index in [-0.39, 0.29) is 29.8 Å². The molecule has 1 aliphatic heterocycles. The van der Waals surface area contributed by atoms with Gasteiger partial charge in [0.25, 0.3) is 0 Å². The van der Waals surface area contributed by atoms with E-state index in [9.17, 15) is 4.79 Å². The fraction of sp³-hybridized carbons (Fsp3) is 0.765. The Bertz CT molecular complexity index is 522. The van der Waals surface area contributed by atoms with Gasteiger partial charge in [0.15, 0.2) is 0 Å². The van der Waals surface area contributed by atoms with Crippen LogP contribution in [0.25, 0.3) is 0 Å². The molecule has 0 aromatic carbocycles. The van der Waals surface area contributed by atoms with Crippen LogP contribution in [0.5, 0.6) is 0 Å². The van der Waals surface area contributed by atoms with Crippen LogP contribution in [0.15, 0.2) is 5.38 Å².